The number of aryl methyl sites for hydroxylation is 1. The van der Waals surface area contributed by atoms with Gasteiger partial charge in [0.15, 0.2) is 0 Å². The minimum absolute atomic E-state index is 0.0745. The van der Waals surface area contributed by atoms with Crippen LogP contribution in [0.2, 0.25) is 0 Å². The Hall–Kier alpha value is -1.38. The van der Waals surface area contributed by atoms with Crippen LogP contribution in [0, 0.1) is 6.92 Å². The first kappa shape index (κ1) is 15.0. The number of nitrogens with zero attached hydrogens (tertiary/aromatic N) is 1. The first-order valence-electron chi connectivity index (χ1n) is 6.35. The zero-order valence-electron chi connectivity index (χ0n) is 11.4. The molecule has 1 aromatic heterocycles. The minimum Gasteiger partial charge on any atom is -0.475 e. The Labute approximate surface area is 117 Å². The van der Waals surface area contributed by atoms with Crippen molar-refractivity contribution in [1.82, 2.24) is 9.62 Å². The summed E-state index contributed by atoms with van der Waals surface area (Å²) >= 11 is 0. The second kappa shape index (κ2) is 5.55. The van der Waals surface area contributed by atoms with Crippen LogP contribution in [0.3, 0.4) is 0 Å². The lowest BCUT2D eigenvalue weighted by Crippen LogP contribution is -2.34. The Morgan fingerprint density at radius 2 is 2.20 bits per heavy atom. The fourth-order valence-electron chi connectivity index (χ4n) is 1.97. The number of aromatic carboxylic acids is 1. The molecule has 8 heteroatoms. The summed E-state index contributed by atoms with van der Waals surface area (Å²) in [4.78, 5) is 12.7. The zero-order valence-corrected chi connectivity index (χ0v) is 12.2. The van der Waals surface area contributed by atoms with Gasteiger partial charge in [0.25, 0.3) is 0 Å². The second-order valence-electron chi connectivity index (χ2n) is 4.95. The maximum absolute atomic E-state index is 12.1. The molecule has 20 heavy (non-hydrogen) atoms. The summed E-state index contributed by atoms with van der Waals surface area (Å²) in [5, 5.41) is 8.79. The van der Waals surface area contributed by atoms with Crippen molar-refractivity contribution in [3.05, 3.63) is 17.6 Å². The normalized spacial score (nSPS) is 15.8. The molecule has 0 spiro atoms. The number of carboxylic acids is 1. The number of hydrogen-bond donors (Lipinski definition) is 2. The van der Waals surface area contributed by atoms with Crippen LogP contribution in [0.5, 0.6) is 0 Å². The van der Waals surface area contributed by atoms with Crippen LogP contribution in [0.15, 0.2) is 15.4 Å². The fraction of sp³-hybridized carbons (Fsp3) is 0.583. The molecule has 0 aromatic carbocycles. The molecule has 2 N–H and O–H groups in total. The topological polar surface area (TPSA) is 99.8 Å². The van der Waals surface area contributed by atoms with E-state index in [0.29, 0.717) is 12.6 Å². The van der Waals surface area contributed by atoms with Crippen LogP contribution < -0.4 is 4.72 Å². The van der Waals surface area contributed by atoms with Gasteiger partial charge in [0.2, 0.25) is 15.8 Å². The van der Waals surface area contributed by atoms with Gasteiger partial charge >= 0.3 is 5.97 Å². The Bertz CT molecular complexity index is 603. The lowest BCUT2D eigenvalue weighted by atomic mass is 10.4. The van der Waals surface area contributed by atoms with Gasteiger partial charge in [-0.1, -0.05) is 0 Å². The van der Waals surface area contributed by atoms with Gasteiger partial charge in [0, 0.05) is 25.2 Å². The third kappa shape index (κ3) is 3.38. The Kier molecular flexibility index (Phi) is 4.17. The summed E-state index contributed by atoms with van der Waals surface area (Å²) < 4.78 is 31.5. The Balaban J connectivity index is 2.00. The van der Waals surface area contributed by atoms with Gasteiger partial charge in [-0.2, -0.15) is 0 Å². The molecule has 0 amide bonds. The molecule has 0 unspecified atom stereocenters. The largest absolute Gasteiger partial charge is 0.475 e. The molecule has 0 radical (unpaired) electrons. The zero-order chi connectivity index (χ0) is 14.9. The van der Waals surface area contributed by atoms with E-state index in [9.17, 15) is 13.2 Å². The van der Waals surface area contributed by atoms with Gasteiger partial charge in [0.05, 0.1) is 0 Å². The molecule has 1 saturated carbocycles. The number of hydrogen-bond acceptors (Lipinski definition) is 5. The predicted octanol–water partition coefficient (Wildman–Crippen LogP) is 0.659. The Morgan fingerprint density at radius 3 is 2.70 bits per heavy atom. The Morgan fingerprint density at radius 1 is 1.55 bits per heavy atom. The predicted molar refractivity (Wildman–Crippen MR) is 71.2 cm³/mol. The van der Waals surface area contributed by atoms with Gasteiger partial charge in [-0.25, -0.2) is 17.9 Å². The molecule has 0 bridgehead atoms. The van der Waals surface area contributed by atoms with E-state index in [0.717, 1.165) is 18.9 Å². The monoisotopic (exact) mass is 302 g/mol. The van der Waals surface area contributed by atoms with Gasteiger partial charge < -0.3 is 14.4 Å². The maximum Gasteiger partial charge on any atom is 0.371 e. The van der Waals surface area contributed by atoms with Gasteiger partial charge in [-0.3, -0.25) is 0 Å². The van der Waals surface area contributed by atoms with Crippen molar-refractivity contribution in [2.24, 2.45) is 0 Å². The van der Waals surface area contributed by atoms with Gasteiger partial charge in [-0.05, 0) is 26.8 Å². The van der Waals surface area contributed by atoms with Gasteiger partial charge in [-0.15, -0.1) is 0 Å². The van der Waals surface area contributed by atoms with Crippen molar-refractivity contribution >= 4 is 16.0 Å². The van der Waals surface area contributed by atoms with Crippen LogP contribution in [0.25, 0.3) is 0 Å². The van der Waals surface area contributed by atoms with Crippen LogP contribution in [-0.2, 0) is 10.0 Å². The summed E-state index contributed by atoms with van der Waals surface area (Å²) in [6.45, 7) is 2.33. The number of furan rings is 1. The molecule has 112 valence electrons. The van der Waals surface area contributed by atoms with Crippen LogP contribution >= 0.6 is 0 Å². The number of likely N-dealkylation sites (N-methyl/N-ethyl adjacent to an activating group) is 1. The molecule has 1 heterocycles. The molecule has 1 aliphatic carbocycles. The van der Waals surface area contributed by atoms with Crippen LogP contribution in [0.4, 0.5) is 0 Å². The average Bonchev–Trinajstić information content (AvgIpc) is 3.11. The first-order valence-corrected chi connectivity index (χ1v) is 7.83. The fourth-order valence-corrected chi connectivity index (χ4v) is 3.17. The van der Waals surface area contributed by atoms with E-state index in [1.807, 2.05) is 7.05 Å². The molecule has 1 fully saturated rings. The lowest BCUT2D eigenvalue weighted by molar-refractivity contribution is 0.0661. The molecule has 1 aliphatic rings. The minimum atomic E-state index is -3.74. The van der Waals surface area contributed by atoms with E-state index in [1.165, 1.54) is 6.92 Å². The summed E-state index contributed by atoms with van der Waals surface area (Å²) in [5.41, 5.74) is 0. The van der Waals surface area contributed by atoms with Crippen molar-refractivity contribution in [1.29, 1.82) is 0 Å². The number of rotatable bonds is 7. The maximum atomic E-state index is 12.1. The standard InChI is InChI=1S/C12H18N2O5S/c1-8-11(7-10(19-8)12(15)16)20(17,18)13-5-6-14(2)9-3-4-9/h7,9,13H,3-6H2,1-2H3,(H,15,16). The summed E-state index contributed by atoms with van der Waals surface area (Å²) in [6, 6.07) is 1.60. The van der Waals surface area contributed by atoms with Crippen molar-refractivity contribution in [3.8, 4) is 0 Å². The highest BCUT2D eigenvalue weighted by molar-refractivity contribution is 7.89. The lowest BCUT2D eigenvalue weighted by Gasteiger charge is -2.15. The van der Waals surface area contributed by atoms with E-state index >= 15 is 0 Å². The van der Waals surface area contributed by atoms with Crippen LogP contribution in [0.1, 0.15) is 29.2 Å². The van der Waals surface area contributed by atoms with E-state index in [1.54, 1.807) is 0 Å². The van der Waals surface area contributed by atoms with Crippen molar-refractivity contribution in [2.45, 2.75) is 30.7 Å². The molecule has 2 rings (SSSR count). The van der Waals surface area contributed by atoms with Crippen molar-refractivity contribution in [2.75, 3.05) is 20.1 Å². The van der Waals surface area contributed by atoms with E-state index in [4.69, 9.17) is 9.52 Å². The molecular weight excluding hydrogens is 284 g/mol. The smallest absolute Gasteiger partial charge is 0.371 e. The van der Waals surface area contributed by atoms with E-state index < -0.39 is 16.0 Å². The first-order chi connectivity index (χ1) is 9.31. The van der Waals surface area contributed by atoms with Crippen molar-refractivity contribution in [3.63, 3.8) is 0 Å². The van der Waals surface area contributed by atoms with E-state index in [2.05, 4.69) is 9.62 Å². The number of nitrogens with one attached hydrogen (secondary N) is 1. The molecule has 0 aliphatic heterocycles. The van der Waals surface area contributed by atoms with Gasteiger partial charge in [0.1, 0.15) is 10.7 Å². The number of carbonyl (C=O) groups is 1. The third-order valence-electron chi connectivity index (χ3n) is 3.30. The molecule has 1 aromatic rings. The number of sulfonamides is 1. The summed E-state index contributed by atoms with van der Waals surface area (Å²) in [7, 11) is -1.78. The van der Waals surface area contributed by atoms with Crippen LogP contribution in [-0.4, -0.2) is 50.6 Å². The highest BCUT2D eigenvalue weighted by Crippen LogP contribution is 2.24. The summed E-state index contributed by atoms with van der Waals surface area (Å²) in [6.07, 6.45) is 2.32. The van der Waals surface area contributed by atoms with E-state index in [-0.39, 0.29) is 23.0 Å². The third-order valence-corrected chi connectivity index (χ3v) is 4.87. The summed E-state index contributed by atoms with van der Waals surface area (Å²) in [5.74, 6) is -1.59. The second-order valence-corrected chi connectivity index (χ2v) is 6.68. The SMILES string of the molecule is Cc1oc(C(=O)O)cc1S(=O)(=O)NCCN(C)C1CC1. The highest BCUT2D eigenvalue weighted by Gasteiger charge is 2.27. The quantitative estimate of drug-likeness (QED) is 0.767. The van der Waals surface area contributed by atoms with Crippen molar-refractivity contribution < 1.29 is 22.7 Å². The molecule has 0 atom stereocenters. The molecule has 7 nitrogen and oxygen atoms in total. The molecule has 0 saturated heterocycles. The molecular formula is C12H18N2O5S. The average molecular weight is 302 g/mol. The highest BCUT2D eigenvalue weighted by atomic mass is 32.2. The number of carboxylic acid groups (broad SMARTS) is 1.